The molecule has 7 nitrogen and oxygen atoms in total. The van der Waals surface area contributed by atoms with Gasteiger partial charge >= 0.3 is 5.97 Å². The van der Waals surface area contributed by atoms with E-state index in [4.69, 9.17) is 21.1 Å². The van der Waals surface area contributed by atoms with Gasteiger partial charge in [-0.15, -0.1) is 0 Å². The number of carbonyl (C=O) groups excluding carboxylic acids is 1. The van der Waals surface area contributed by atoms with Gasteiger partial charge in [-0.3, -0.25) is 9.36 Å². The lowest BCUT2D eigenvalue weighted by Gasteiger charge is -2.25. The van der Waals surface area contributed by atoms with E-state index in [0.29, 0.717) is 41.4 Å². The number of nitrogens with zero attached hydrogens (tertiary/aromatic N) is 2. The number of aromatic nitrogens is 1. The molecule has 0 radical (unpaired) electrons. The summed E-state index contributed by atoms with van der Waals surface area (Å²) in [5.74, 6) is -0.0692. The van der Waals surface area contributed by atoms with E-state index in [1.807, 2.05) is 12.1 Å². The van der Waals surface area contributed by atoms with Gasteiger partial charge in [-0.25, -0.2) is 9.79 Å². The van der Waals surface area contributed by atoms with Crippen LogP contribution in [0.1, 0.15) is 31.0 Å². The van der Waals surface area contributed by atoms with Gasteiger partial charge in [0.05, 0.1) is 34.0 Å². The zero-order chi connectivity index (χ0) is 24.6. The van der Waals surface area contributed by atoms with Crippen LogP contribution in [0.15, 0.2) is 61.9 Å². The van der Waals surface area contributed by atoms with E-state index < -0.39 is 12.0 Å². The summed E-state index contributed by atoms with van der Waals surface area (Å²) in [5, 5.41) is 10.8. The molecule has 0 amide bonds. The molecule has 1 N–H and O–H groups in total. The van der Waals surface area contributed by atoms with Crippen molar-refractivity contribution in [3.05, 3.63) is 88.0 Å². The van der Waals surface area contributed by atoms with Crippen LogP contribution in [-0.2, 0) is 9.53 Å². The number of phenols is 1. The smallest absolute Gasteiger partial charge is 0.338 e. The first kappa shape index (κ1) is 24.3. The molecule has 176 valence electrons. The number of aromatic hydroxyl groups is 1. The Morgan fingerprint density at radius 2 is 2.09 bits per heavy atom. The minimum Gasteiger partial charge on any atom is -0.506 e. The number of methoxy groups -OCH3 is 1. The second kappa shape index (κ2) is 9.77. The molecule has 0 bridgehead atoms. The summed E-state index contributed by atoms with van der Waals surface area (Å²) in [4.78, 5) is 31.6. The van der Waals surface area contributed by atoms with Crippen LogP contribution in [0.4, 0.5) is 0 Å². The lowest BCUT2D eigenvalue weighted by molar-refractivity contribution is -0.139. The van der Waals surface area contributed by atoms with Crippen molar-refractivity contribution in [3.8, 4) is 11.5 Å². The molecule has 10 heteroatoms. The SMILES string of the molecule is CCOC(=O)C1=C(C)N=c2s/c(=C\c3cc(Cl)cc(Br)c3O)c(=O)n2[C@@H]1c1ccccc1OC. The predicted molar refractivity (Wildman–Crippen MR) is 134 cm³/mol. The van der Waals surface area contributed by atoms with E-state index in [1.54, 1.807) is 44.2 Å². The number of esters is 1. The molecule has 0 aliphatic carbocycles. The van der Waals surface area contributed by atoms with Crippen molar-refractivity contribution in [3.63, 3.8) is 0 Å². The Morgan fingerprint density at radius 1 is 1.35 bits per heavy atom. The van der Waals surface area contributed by atoms with Crippen molar-refractivity contribution < 1.29 is 19.4 Å². The molecule has 2 heterocycles. The number of allylic oxidation sites excluding steroid dienone is 1. The molecular formula is C24H20BrClN2O5S. The Bertz CT molecular complexity index is 1510. The number of halogens is 2. The average Bonchev–Trinajstić information content (AvgIpc) is 3.10. The maximum Gasteiger partial charge on any atom is 0.338 e. The Labute approximate surface area is 212 Å². The number of phenolic OH excluding ortho intramolecular Hbond substituents is 1. The van der Waals surface area contributed by atoms with Crippen LogP contribution in [0, 0.1) is 0 Å². The molecule has 34 heavy (non-hydrogen) atoms. The molecule has 0 saturated carbocycles. The Morgan fingerprint density at radius 3 is 2.79 bits per heavy atom. The average molecular weight is 564 g/mol. The number of carbonyl (C=O) groups is 1. The first-order chi connectivity index (χ1) is 16.3. The minimum atomic E-state index is -0.798. The largest absolute Gasteiger partial charge is 0.506 e. The third-order valence-corrected chi connectivity index (χ3v) is 7.10. The molecule has 3 aromatic rings. The number of fused-ring (bicyclic) bond motifs is 1. The summed E-state index contributed by atoms with van der Waals surface area (Å²) in [7, 11) is 1.53. The van der Waals surface area contributed by atoms with E-state index in [2.05, 4.69) is 20.9 Å². The van der Waals surface area contributed by atoms with Gasteiger partial charge in [-0.05, 0) is 54.1 Å². The number of benzene rings is 2. The number of rotatable bonds is 5. The monoisotopic (exact) mass is 562 g/mol. The van der Waals surface area contributed by atoms with Gasteiger partial charge in [-0.1, -0.05) is 41.1 Å². The molecule has 2 aromatic carbocycles. The highest BCUT2D eigenvalue weighted by atomic mass is 79.9. The zero-order valence-corrected chi connectivity index (χ0v) is 21.6. The fourth-order valence-corrected chi connectivity index (χ4v) is 5.69. The van der Waals surface area contributed by atoms with Gasteiger partial charge in [0.2, 0.25) is 0 Å². The van der Waals surface area contributed by atoms with Crippen LogP contribution in [0.3, 0.4) is 0 Å². The second-order valence-electron chi connectivity index (χ2n) is 7.37. The van der Waals surface area contributed by atoms with E-state index in [9.17, 15) is 14.7 Å². The lowest BCUT2D eigenvalue weighted by Crippen LogP contribution is -2.40. The van der Waals surface area contributed by atoms with Crippen LogP contribution in [-0.4, -0.2) is 29.4 Å². The predicted octanol–water partition coefficient (Wildman–Crippen LogP) is 3.93. The third kappa shape index (κ3) is 4.31. The van der Waals surface area contributed by atoms with Crippen LogP contribution in [0.5, 0.6) is 11.5 Å². The van der Waals surface area contributed by atoms with E-state index in [1.165, 1.54) is 11.7 Å². The highest BCUT2D eigenvalue weighted by Crippen LogP contribution is 2.36. The Balaban J connectivity index is 2.02. The van der Waals surface area contributed by atoms with Crippen LogP contribution >= 0.6 is 38.9 Å². The standard InChI is InChI=1S/C24H20BrClN2O5S/c1-4-33-23(31)19-12(2)27-24-28(20(19)15-7-5-6-8-17(15)32-3)22(30)18(34-24)10-13-9-14(26)11-16(25)21(13)29/h5-11,20,29H,4H2,1-3H3/b18-10-/t20-/m1/s1. The van der Waals surface area contributed by atoms with Crippen molar-refractivity contribution in [1.82, 2.24) is 4.57 Å². The van der Waals surface area contributed by atoms with Gasteiger partial charge < -0.3 is 14.6 Å². The molecule has 0 saturated heterocycles. The summed E-state index contributed by atoms with van der Waals surface area (Å²) in [6.45, 7) is 3.62. The van der Waals surface area contributed by atoms with Crippen LogP contribution in [0.25, 0.3) is 6.08 Å². The molecule has 1 aliphatic rings. The van der Waals surface area contributed by atoms with Gasteiger partial charge in [0.15, 0.2) is 4.80 Å². The van der Waals surface area contributed by atoms with Gasteiger partial charge in [0.25, 0.3) is 5.56 Å². The summed E-state index contributed by atoms with van der Waals surface area (Å²) < 4.78 is 13.0. The minimum absolute atomic E-state index is 0.0418. The van der Waals surface area contributed by atoms with Gasteiger partial charge in [0, 0.05) is 16.1 Å². The van der Waals surface area contributed by atoms with E-state index in [0.717, 1.165) is 11.3 Å². The number of para-hydroxylation sites is 1. The van der Waals surface area contributed by atoms with Gasteiger partial charge in [0.1, 0.15) is 17.5 Å². The normalized spacial score (nSPS) is 15.7. The van der Waals surface area contributed by atoms with E-state index in [-0.39, 0.29) is 23.5 Å². The molecule has 1 aliphatic heterocycles. The number of thiazole rings is 1. The highest BCUT2D eigenvalue weighted by molar-refractivity contribution is 9.10. The third-order valence-electron chi connectivity index (χ3n) is 5.29. The number of hydrogen-bond acceptors (Lipinski definition) is 7. The van der Waals surface area contributed by atoms with E-state index >= 15 is 0 Å². The molecule has 0 spiro atoms. The molecule has 1 atom stereocenters. The summed E-state index contributed by atoms with van der Waals surface area (Å²) >= 11 is 10.6. The number of ether oxygens (including phenoxy) is 2. The number of hydrogen-bond donors (Lipinski definition) is 1. The van der Waals surface area contributed by atoms with Crippen molar-refractivity contribution in [1.29, 1.82) is 0 Å². The van der Waals surface area contributed by atoms with Crippen molar-refractivity contribution in [2.75, 3.05) is 13.7 Å². The maximum atomic E-state index is 13.7. The Hall–Kier alpha value is -2.88. The fourth-order valence-electron chi connectivity index (χ4n) is 3.82. The van der Waals surface area contributed by atoms with Crippen LogP contribution < -0.4 is 19.6 Å². The summed E-state index contributed by atoms with van der Waals surface area (Å²) in [6.07, 6.45) is 1.55. The molecule has 0 unspecified atom stereocenters. The first-order valence-corrected chi connectivity index (χ1v) is 12.3. The Kier molecular flexibility index (Phi) is 6.97. The van der Waals surface area contributed by atoms with Crippen molar-refractivity contribution >= 4 is 50.9 Å². The van der Waals surface area contributed by atoms with Gasteiger partial charge in [-0.2, -0.15) is 0 Å². The molecule has 0 fully saturated rings. The first-order valence-electron chi connectivity index (χ1n) is 10.3. The zero-order valence-electron chi connectivity index (χ0n) is 18.5. The topological polar surface area (TPSA) is 90.1 Å². The molecule has 1 aromatic heterocycles. The van der Waals surface area contributed by atoms with Crippen molar-refractivity contribution in [2.45, 2.75) is 19.9 Å². The van der Waals surface area contributed by atoms with Crippen molar-refractivity contribution in [2.24, 2.45) is 4.99 Å². The summed E-state index contributed by atoms with van der Waals surface area (Å²) in [5.41, 5.74) is 1.35. The highest BCUT2D eigenvalue weighted by Gasteiger charge is 2.34. The fraction of sp³-hybridized carbons (Fsp3) is 0.208. The lowest BCUT2D eigenvalue weighted by atomic mass is 9.95. The molecular weight excluding hydrogens is 544 g/mol. The second-order valence-corrected chi connectivity index (χ2v) is 9.67. The van der Waals surface area contributed by atoms with Crippen LogP contribution in [0.2, 0.25) is 5.02 Å². The molecule has 4 rings (SSSR count). The maximum absolute atomic E-state index is 13.7. The quantitative estimate of drug-likeness (QED) is 0.475. The summed E-state index contributed by atoms with van der Waals surface area (Å²) in [6, 6.07) is 9.52.